The van der Waals surface area contributed by atoms with Crippen molar-refractivity contribution in [3.8, 4) is 16.9 Å². The summed E-state index contributed by atoms with van der Waals surface area (Å²) in [7, 11) is 0. The Morgan fingerprint density at radius 3 is 2.31 bits per heavy atom. The van der Waals surface area contributed by atoms with Crippen LogP contribution in [0.15, 0.2) is 36.4 Å². The highest BCUT2D eigenvalue weighted by atomic mass is 19.4. The topological polar surface area (TPSA) is 75.1 Å². The van der Waals surface area contributed by atoms with Crippen LogP contribution < -0.4 is 9.64 Å². The molecule has 1 fully saturated rings. The largest absolute Gasteiger partial charge is 0.573 e. The molecular formula is C37H45F4N3O4. The van der Waals surface area contributed by atoms with Crippen LogP contribution in [0.1, 0.15) is 87.2 Å². The van der Waals surface area contributed by atoms with Gasteiger partial charge in [0.15, 0.2) is 17.7 Å². The van der Waals surface area contributed by atoms with Crippen LogP contribution in [-0.2, 0) is 29.0 Å². The first-order valence-electron chi connectivity index (χ1n) is 16.4. The number of halogens is 4. The number of carboxylic acid groups (broad SMARTS) is 1. The predicted octanol–water partition coefficient (Wildman–Crippen LogP) is 8.53. The molecule has 3 aromatic rings. The summed E-state index contributed by atoms with van der Waals surface area (Å²) in [5.74, 6) is -2.97. The molecule has 3 heterocycles. The number of hydrogen-bond acceptors (Lipinski definition) is 6. The number of aromatic nitrogens is 1. The number of ether oxygens (including phenoxy) is 2. The van der Waals surface area contributed by atoms with Crippen molar-refractivity contribution >= 4 is 11.7 Å². The van der Waals surface area contributed by atoms with Crippen LogP contribution in [0.5, 0.6) is 5.75 Å². The second-order valence-corrected chi connectivity index (χ2v) is 14.8. The molecule has 5 rings (SSSR count). The molecule has 1 saturated heterocycles. The minimum Gasteiger partial charge on any atom is -0.479 e. The lowest BCUT2D eigenvalue weighted by Gasteiger charge is -2.41. The zero-order valence-corrected chi connectivity index (χ0v) is 28.7. The predicted molar refractivity (Wildman–Crippen MR) is 176 cm³/mol. The van der Waals surface area contributed by atoms with Crippen molar-refractivity contribution in [3.63, 3.8) is 0 Å². The van der Waals surface area contributed by atoms with Gasteiger partial charge in [-0.15, -0.1) is 13.2 Å². The molecule has 11 heteroatoms. The third kappa shape index (κ3) is 8.29. The van der Waals surface area contributed by atoms with Crippen LogP contribution in [0.2, 0.25) is 0 Å². The fourth-order valence-corrected chi connectivity index (χ4v) is 6.76. The molecule has 0 bridgehead atoms. The molecule has 1 aromatic heterocycles. The molecule has 0 radical (unpaired) electrons. The normalized spacial score (nSPS) is 17.6. The van der Waals surface area contributed by atoms with E-state index in [0.29, 0.717) is 42.9 Å². The molecule has 260 valence electrons. The molecule has 0 amide bonds. The number of alkyl halides is 3. The Morgan fingerprint density at radius 2 is 1.69 bits per heavy atom. The number of piperidine rings is 1. The maximum Gasteiger partial charge on any atom is 0.573 e. The molecule has 1 unspecified atom stereocenters. The second-order valence-electron chi connectivity index (χ2n) is 14.8. The monoisotopic (exact) mass is 671 g/mol. The fraction of sp³-hybridized carbons (Fsp3) is 0.514. The van der Waals surface area contributed by atoms with Gasteiger partial charge in [0.25, 0.3) is 0 Å². The van der Waals surface area contributed by atoms with E-state index in [2.05, 4.69) is 40.5 Å². The van der Waals surface area contributed by atoms with E-state index in [4.69, 9.17) is 9.72 Å². The maximum atomic E-state index is 14.0. The van der Waals surface area contributed by atoms with Crippen LogP contribution >= 0.6 is 0 Å². The molecule has 0 spiro atoms. The summed E-state index contributed by atoms with van der Waals surface area (Å²) in [6.07, 6.45) is -3.57. The molecule has 1 atom stereocenters. The van der Waals surface area contributed by atoms with Gasteiger partial charge in [0.05, 0.1) is 11.3 Å². The van der Waals surface area contributed by atoms with Crippen molar-refractivity contribution in [2.75, 3.05) is 24.5 Å². The summed E-state index contributed by atoms with van der Waals surface area (Å²) in [4.78, 5) is 22.1. The van der Waals surface area contributed by atoms with Crippen LogP contribution in [-0.4, -0.2) is 52.6 Å². The maximum absolute atomic E-state index is 14.0. The first-order chi connectivity index (χ1) is 22.3. The average molecular weight is 672 g/mol. The first kappa shape index (κ1) is 35.6. The molecule has 48 heavy (non-hydrogen) atoms. The Bertz CT molecular complexity index is 1670. The number of aryl methyl sites for hydroxylation is 2. The molecule has 2 aliphatic heterocycles. The van der Waals surface area contributed by atoms with Crippen molar-refractivity contribution in [1.82, 2.24) is 9.88 Å². The van der Waals surface area contributed by atoms with Crippen molar-refractivity contribution in [2.45, 2.75) is 98.9 Å². The molecule has 2 aromatic carbocycles. The van der Waals surface area contributed by atoms with Crippen LogP contribution in [0.25, 0.3) is 11.1 Å². The van der Waals surface area contributed by atoms with E-state index in [0.717, 1.165) is 71.7 Å². The lowest BCUT2D eigenvalue weighted by Crippen LogP contribution is -2.39. The molecular weight excluding hydrogens is 626 g/mol. The van der Waals surface area contributed by atoms with Gasteiger partial charge in [-0.25, -0.2) is 9.18 Å². The lowest BCUT2D eigenvalue weighted by molar-refractivity contribution is -0.275. The van der Waals surface area contributed by atoms with E-state index in [1.165, 1.54) is 6.07 Å². The SMILES string of the molecule is Cc1nc(C)c(C(OC(C)(C)C)C(=O)O)c(N2CCC(C)(C)CC2)c1-c1ccc2c(c1)CCN(Cc1ccc(F)c(OC(F)(F)F)c1)C2. The summed E-state index contributed by atoms with van der Waals surface area (Å²) >= 11 is 0. The summed E-state index contributed by atoms with van der Waals surface area (Å²) in [5.41, 5.74) is 6.92. The van der Waals surface area contributed by atoms with Crippen LogP contribution in [0.4, 0.5) is 23.2 Å². The molecule has 2 aliphatic rings. The van der Waals surface area contributed by atoms with Gasteiger partial charge >= 0.3 is 12.3 Å². The number of anilines is 1. The van der Waals surface area contributed by atoms with E-state index in [1.807, 2.05) is 40.7 Å². The van der Waals surface area contributed by atoms with Crippen molar-refractivity contribution in [2.24, 2.45) is 5.41 Å². The number of carboxylic acids is 1. The highest BCUT2D eigenvalue weighted by Crippen LogP contribution is 2.45. The molecule has 7 nitrogen and oxygen atoms in total. The Kier molecular flexibility index (Phi) is 9.87. The lowest BCUT2D eigenvalue weighted by atomic mass is 9.81. The van der Waals surface area contributed by atoms with Gasteiger partial charge in [0.2, 0.25) is 0 Å². The van der Waals surface area contributed by atoms with E-state index in [-0.39, 0.29) is 5.41 Å². The smallest absolute Gasteiger partial charge is 0.479 e. The minimum absolute atomic E-state index is 0.181. The number of benzene rings is 2. The third-order valence-corrected chi connectivity index (χ3v) is 9.18. The zero-order valence-electron chi connectivity index (χ0n) is 28.7. The van der Waals surface area contributed by atoms with Gasteiger partial charge in [-0.1, -0.05) is 38.1 Å². The first-order valence-corrected chi connectivity index (χ1v) is 16.4. The summed E-state index contributed by atoms with van der Waals surface area (Å²) < 4.78 is 62.3. The van der Waals surface area contributed by atoms with E-state index in [1.54, 1.807) is 0 Å². The number of fused-ring (bicyclic) bond motifs is 1. The van der Waals surface area contributed by atoms with Crippen molar-refractivity contribution in [3.05, 3.63) is 75.9 Å². The highest BCUT2D eigenvalue weighted by molar-refractivity contribution is 5.88. The third-order valence-electron chi connectivity index (χ3n) is 9.18. The van der Waals surface area contributed by atoms with Gasteiger partial charge in [0.1, 0.15) is 0 Å². The van der Waals surface area contributed by atoms with E-state index >= 15 is 0 Å². The highest BCUT2D eigenvalue weighted by Gasteiger charge is 2.37. The molecule has 0 saturated carbocycles. The fourth-order valence-electron chi connectivity index (χ4n) is 6.76. The summed E-state index contributed by atoms with van der Waals surface area (Å²) in [6, 6.07) is 9.82. The number of carbonyl (C=O) groups is 1. The number of pyridine rings is 1. The number of hydrogen-bond donors (Lipinski definition) is 1. The number of aliphatic carboxylic acids is 1. The minimum atomic E-state index is -4.98. The van der Waals surface area contributed by atoms with E-state index in [9.17, 15) is 27.5 Å². The van der Waals surface area contributed by atoms with E-state index < -0.39 is 35.6 Å². The second kappa shape index (κ2) is 13.3. The van der Waals surface area contributed by atoms with Gasteiger partial charge in [-0.2, -0.15) is 0 Å². The van der Waals surface area contributed by atoms with Crippen LogP contribution in [0.3, 0.4) is 0 Å². The Hall–Kier alpha value is -3.70. The van der Waals surface area contributed by atoms with Crippen molar-refractivity contribution in [1.29, 1.82) is 0 Å². The number of nitrogens with zero attached hydrogens (tertiary/aromatic N) is 3. The summed E-state index contributed by atoms with van der Waals surface area (Å²) in [6.45, 7) is 17.0. The standard InChI is InChI=1S/C37H45F4N3O4/c1-22-30(32(44-16-13-36(6,7)14-17-44)31(23(2)42-22)33(34(45)46)48-35(3,4)5)26-9-10-27-21-43(15-12-25(27)19-26)20-24-8-11-28(38)29(18-24)47-37(39,40)41/h8-11,18-19,33H,12-17,20-21H2,1-7H3,(H,45,46). The Morgan fingerprint density at radius 1 is 1.00 bits per heavy atom. The quantitative estimate of drug-likeness (QED) is 0.241. The van der Waals surface area contributed by atoms with Crippen molar-refractivity contribution < 1.29 is 36.9 Å². The molecule has 0 aliphatic carbocycles. The summed E-state index contributed by atoms with van der Waals surface area (Å²) in [5, 5.41) is 10.5. The van der Waals surface area contributed by atoms with Gasteiger partial charge < -0.3 is 19.5 Å². The van der Waals surface area contributed by atoms with Crippen LogP contribution in [0, 0.1) is 25.1 Å². The zero-order chi connectivity index (χ0) is 35.2. The average Bonchev–Trinajstić information content (AvgIpc) is 2.96. The Balaban J connectivity index is 1.51. The van der Waals surface area contributed by atoms with Gasteiger partial charge in [-0.3, -0.25) is 9.88 Å². The Labute approximate surface area is 279 Å². The van der Waals surface area contributed by atoms with Gasteiger partial charge in [0, 0.05) is 55.2 Å². The number of rotatable bonds is 8. The van der Waals surface area contributed by atoms with Gasteiger partial charge in [-0.05, 0) is 93.7 Å². The molecule has 1 N–H and O–H groups in total.